The van der Waals surface area contributed by atoms with Gasteiger partial charge < -0.3 is 15.5 Å². The van der Waals surface area contributed by atoms with E-state index in [2.05, 4.69) is 37.4 Å². The van der Waals surface area contributed by atoms with E-state index in [1.165, 1.54) is 12.8 Å². The van der Waals surface area contributed by atoms with Crippen LogP contribution in [0.15, 0.2) is 23.5 Å². The van der Waals surface area contributed by atoms with Crippen LogP contribution in [0.25, 0.3) is 0 Å². The fraction of sp³-hybridized carbons (Fsp3) is 0.762. The molecule has 1 amide bonds. The molecule has 0 unspecified atom stereocenters. The van der Waals surface area contributed by atoms with Gasteiger partial charge in [-0.05, 0) is 32.3 Å². The Balaban J connectivity index is 1.31. The van der Waals surface area contributed by atoms with Crippen LogP contribution in [0.3, 0.4) is 0 Å². The number of aromatic nitrogens is 2. The number of aliphatic imine (C=N–C) groups is 1. The molecule has 8 nitrogen and oxygen atoms in total. The first-order valence-electron chi connectivity index (χ1n) is 11.3. The van der Waals surface area contributed by atoms with Crippen LogP contribution in [0.2, 0.25) is 0 Å². The highest BCUT2D eigenvalue weighted by Gasteiger charge is 2.29. The molecule has 2 fully saturated rings. The first-order valence-corrected chi connectivity index (χ1v) is 11.3. The zero-order chi connectivity index (χ0) is 20.3. The third-order valence-electron chi connectivity index (χ3n) is 5.83. The van der Waals surface area contributed by atoms with Gasteiger partial charge in [0.15, 0.2) is 5.96 Å². The maximum Gasteiger partial charge on any atom is 0.225 e. The number of guanidine groups is 1. The summed E-state index contributed by atoms with van der Waals surface area (Å²) in [5.74, 6) is 1.58. The van der Waals surface area contributed by atoms with Gasteiger partial charge in [0.2, 0.25) is 5.91 Å². The van der Waals surface area contributed by atoms with E-state index in [0.717, 1.165) is 84.1 Å². The van der Waals surface area contributed by atoms with E-state index < -0.39 is 0 Å². The Hall–Kier alpha value is -2.09. The molecular weight excluding hydrogens is 366 g/mol. The highest BCUT2D eigenvalue weighted by molar-refractivity contribution is 5.80. The van der Waals surface area contributed by atoms with Crippen molar-refractivity contribution in [1.82, 2.24) is 30.2 Å². The van der Waals surface area contributed by atoms with Crippen molar-refractivity contribution in [3.05, 3.63) is 18.5 Å². The lowest BCUT2D eigenvalue weighted by Crippen LogP contribution is -2.51. The Morgan fingerprint density at radius 2 is 1.93 bits per heavy atom. The summed E-state index contributed by atoms with van der Waals surface area (Å²) >= 11 is 0. The lowest BCUT2D eigenvalue weighted by molar-refractivity contribution is -0.137. The molecule has 29 heavy (non-hydrogen) atoms. The molecule has 2 N–H and O–H groups in total. The molecule has 1 saturated carbocycles. The van der Waals surface area contributed by atoms with E-state index in [1.807, 2.05) is 16.9 Å². The summed E-state index contributed by atoms with van der Waals surface area (Å²) < 4.78 is 1.94. The number of carbonyl (C=O) groups excluding carboxylic acids is 1. The van der Waals surface area contributed by atoms with Gasteiger partial charge in [-0.2, -0.15) is 5.10 Å². The van der Waals surface area contributed by atoms with Gasteiger partial charge in [0, 0.05) is 77.2 Å². The molecule has 2 heterocycles. The summed E-state index contributed by atoms with van der Waals surface area (Å²) in [4.78, 5) is 21.7. The molecule has 0 atom stereocenters. The minimum atomic E-state index is 0.301. The molecule has 3 rings (SSSR count). The first-order chi connectivity index (χ1) is 14.3. The molecule has 0 bridgehead atoms. The van der Waals surface area contributed by atoms with E-state index in [1.54, 1.807) is 6.20 Å². The number of amides is 1. The number of hydrogen-bond acceptors (Lipinski definition) is 4. The number of piperazine rings is 1. The Kier molecular flexibility index (Phi) is 8.80. The predicted molar refractivity (Wildman–Crippen MR) is 116 cm³/mol. The van der Waals surface area contributed by atoms with Gasteiger partial charge >= 0.3 is 0 Å². The van der Waals surface area contributed by atoms with Gasteiger partial charge in [-0.15, -0.1) is 0 Å². The van der Waals surface area contributed by atoms with Crippen LogP contribution in [0.1, 0.15) is 39.0 Å². The van der Waals surface area contributed by atoms with Crippen LogP contribution in [-0.4, -0.2) is 83.8 Å². The van der Waals surface area contributed by atoms with Crippen molar-refractivity contribution in [2.75, 3.05) is 52.4 Å². The summed E-state index contributed by atoms with van der Waals surface area (Å²) in [6, 6.07) is 1.94. The number of nitrogens with zero attached hydrogens (tertiary/aromatic N) is 5. The summed E-state index contributed by atoms with van der Waals surface area (Å²) in [6.45, 7) is 10.1. The minimum Gasteiger partial charge on any atom is -0.357 e. The lowest BCUT2D eigenvalue weighted by Gasteiger charge is -2.36. The van der Waals surface area contributed by atoms with Crippen LogP contribution in [0.4, 0.5) is 0 Å². The summed E-state index contributed by atoms with van der Waals surface area (Å²) in [5, 5.41) is 11.0. The van der Waals surface area contributed by atoms with Crippen LogP contribution in [-0.2, 0) is 11.3 Å². The maximum absolute atomic E-state index is 12.5. The molecule has 8 heteroatoms. The molecular formula is C21H37N7O. The molecule has 1 saturated heterocycles. The number of rotatable bonds is 9. The average molecular weight is 404 g/mol. The van der Waals surface area contributed by atoms with Gasteiger partial charge in [0.25, 0.3) is 0 Å². The van der Waals surface area contributed by atoms with Gasteiger partial charge in [-0.1, -0.05) is 12.8 Å². The number of carbonyl (C=O) groups is 1. The van der Waals surface area contributed by atoms with E-state index in [0.29, 0.717) is 11.8 Å². The second-order valence-corrected chi connectivity index (χ2v) is 7.96. The largest absolute Gasteiger partial charge is 0.357 e. The maximum atomic E-state index is 12.5. The smallest absolute Gasteiger partial charge is 0.225 e. The van der Waals surface area contributed by atoms with Crippen molar-refractivity contribution >= 4 is 11.9 Å². The van der Waals surface area contributed by atoms with Crippen molar-refractivity contribution in [1.29, 1.82) is 0 Å². The summed E-state index contributed by atoms with van der Waals surface area (Å²) in [6.07, 6.45) is 9.39. The topological polar surface area (TPSA) is 77.8 Å². The van der Waals surface area contributed by atoms with Crippen molar-refractivity contribution in [3.63, 3.8) is 0 Å². The lowest BCUT2D eigenvalue weighted by atomic mass is 10.1. The summed E-state index contributed by atoms with van der Waals surface area (Å²) in [7, 11) is 0. The van der Waals surface area contributed by atoms with Crippen LogP contribution >= 0.6 is 0 Å². The molecule has 0 aromatic carbocycles. The molecule has 162 valence electrons. The Morgan fingerprint density at radius 3 is 2.62 bits per heavy atom. The van der Waals surface area contributed by atoms with Crippen LogP contribution in [0, 0.1) is 5.92 Å². The van der Waals surface area contributed by atoms with Gasteiger partial charge in [-0.3, -0.25) is 19.4 Å². The third kappa shape index (κ3) is 7.03. The quantitative estimate of drug-likeness (QED) is 0.368. The van der Waals surface area contributed by atoms with E-state index in [-0.39, 0.29) is 0 Å². The first kappa shape index (κ1) is 21.6. The molecule has 1 aliphatic carbocycles. The second-order valence-electron chi connectivity index (χ2n) is 7.96. The molecule has 0 spiro atoms. The Labute approximate surface area is 174 Å². The normalized spacial score (nSPS) is 18.9. The highest BCUT2D eigenvalue weighted by atomic mass is 16.2. The second kappa shape index (κ2) is 11.8. The van der Waals surface area contributed by atoms with Crippen molar-refractivity contribution in [3.8, 4) is 0 Å². The Bertz CT molecular complexity index is 617. The predicted octanol–water partition coefficient (Wildman–Crippen LogP) is 1.16. The standard InChI is InChI=1S/C21H37N7O/c1-2-22-21(23-9-5-12-28-13-6-10-25-28)24-11-14-26-15-17-27(18-16-26)20(29)19-7-3-4-8-19/h6,10,13,19H,2-5,7-9,11-12,14-18H2,1H3,(H2,22,23,24). The van der Waals surface area contributed by atoms with E-state index >= 15 is 0 Å². The number of hydrogen-bond donors (Lipinski definition) is 2. The van der Waals surface area contributed by atoms with Crippen molar-refractivity contribution < 1.29 is 4.79 Å². The third-order valence-corrected chi connectivity index (χ3v) is 5.83. The van der Waals surface area contributed by atoms with Crippen molar-refractivity contribution in [2.24, 2.45) is 10.9 Å². The fourth-order valence-electron chi connectivity index (χ4n) is 4.15. The molecule has 1 aliphatic heterocycles. The average Bonchev–Trinajstić information content (AvgIpc) is 3.45. The summed E-state index contributed by atoms with van der Waals surface area (Å²) in [5.41, 5.74) is 0. The van der Waals surface area contributed by atoms with Crippen LogP contribution in [0.5, 0.6) is 0 Å². The van der Waals surface area contributed by atoms with Crippen LogP contribution < -0.4 is 10.6 Å². The zero-order valence-corrected chi connectivity index (χ0v) is 17.9. The van der Waals surface area contributed by atoms with E-state index in [9.17, 15) is 4.79 Å². The molecule has 1 aromatic rings. The fourth-order valence-corrected chi connectivity index (χ4v) is 4.15. The zero-order valence-electron chi connectivity index (χ0n) is 17.9. The molecule has 2 aliphatic rings. The Morgan fingerprint density at radius 1 is 1.14 bits per heavy atom. The monoisotopic (exact) mass is 403 g/mol. The van der Waals surface area contributed by atoms with Gasteiger partial charge in [-0.25, -0.2) is 0 Å². The van der Waals surface area contributed by atoms with Crippen molar-refractivity contribution in [2.45, 2.75) is 45.6 Å². The molecule has 0 radical (unpaired) electrons. The van der Waals surface area contributed by atoms with Gasteiger partial charge in [0.05, 0.1) is 0 Å². The van der Waals surface area contributed by atoms with Gasteiger partial charge in [0.1, 0.15) is 0 Å². The number of nitrogens with one attached hydrogen (secondary N) is 2. The minimum absolute atomic E-state index is 0.301. The van der Waals surface area contributed by atoms with E-state index in [4.69, 9.17) is 0 Å². The molecule has 1 aromatic heterocycles. The number of aryl methyl sites for hydroxylation is 1. The highest BCUT2D eigenvalue weighted by Crippen LogP contribution is 2.26. The SMILES string of the molecule is CCNC(=NCCCn1cccn1)NCCN1CCN(C(=O)C2CCCC2)CC1.